The van der Waals surface area contributed by atoms with Gasteiger partial charge in [0, 0.05) is 36.5 Å². The van der Waals surface area contributed by atoms with Gasteiger partial charge in [0.05, 0.1) is 48.8 Å². The first-order valence-electron chi connectivity index (χ1n) is 20.9. The van der Waals surface area contributed by atoms with Gasteiger partial charge in [0.1, 0.15) is 25.5 Å². The van der Waals surface area contributed by atoms with Gasteiger partial charge in [-0.1, -0.05) is 44.2 Å². The van der Waals surface area contributed by atoms with Crippen LogP contribution in [-0.4, -0.2) is 80.9 Å². The number of nitrogens with one attached hydrogen (secondary N) is 5. The maximum Gasteiger partial charge on any atom is 0.260 e. The molecular formula is C47H57N7O9. The summed E-state index contributed by atoms with van der Waals surface area (Å²) in [5, 5.41) is 25.6. The molecule has 2 aliphatic heterocycles. The first-order valence-corrected chi connectivity index (χ1v) is 20.9. The van der Waals surface area contributed by atoms with Crippen molar-refractivity contribution in [2.75, 3.05) is 48.7 Å². The molecule has 1 unspecified atom stereocenters. The van der Waals surface area contributed by atoms with Crippen molar-refractivity contribution in [3.05, 3.63) is 107 Å². The molecule has 4 amide bonds. The minimum absolute atomic E-state index is 0.00495. The van der Waals surface area contributed by atoms with E-state index in [9.17, 15) is 24.3 Å². The lowest BCUT2D eigenvalue weighted by molar-refractivity contribution is -0.128. The van der Waals surface area contributed by atoms with Crippen LogP contribution < -0.4 is 56.2 Å². The van der Waals surface area contributed by atoms with Crippen molar-refractivity contribution in [1.29, 1.82) is 0 Å². The fourth-order valence-corrected chi connectivity index (χ4v) is 7.78. The predicted octanol–water partition coefficient (Wildman–Crippen LogP) is 5.34. The van der Waals surface area contributed by atoms with Gasteiger partial charge in [-0.05, 0) is 86.3 Å². The monoisotopic (exact) mass is 863 g/mol. The van der Waals surface area contributed by atoms with Crippen LogP contribution in [0.2, 0.25) is 0 Å². The van der Waals surface area contributed by atoms with E-state index in [1.165, 1.54) is 26.4 Å². The second-order valence-electron chi connectivity index (χ2n) is 15.8. The van der Waals surface area contributed by atoms with Gasteiger partial charge < -0.3 is 61.3 Å². The SMILES string of the molecule is C/C=C\CC(O)Nc1cc(OCc2cc(COc3cc4c(cc3OC)C(=O)N3c5ccccc5C[C@H]3CN4)cc(NC(=O)[C@H](C)NC(=O)[C@@H](NC)C(C)C)c2)c(OC)cc1C(N)=O. The van der Waals surface area contributed by atoms with Crippen molar-refractivity contribution >= 4 is 46.4 Å². The average molecular weight is 864 g/mol. The Morgan fingerprint density at radius 1 is 0.921 bits per heavy atom. The Balaban J connectivity index is 1.28. The second kappa shape index (κ2) is 20.4. The quantitative estimate of drug-likeness (QED) is 0.0470. The predicted molar refractivity (Wildman–Crippen MR) is 242 cm³/mol. The molecule has 4 aromatic carbocycles. The number of para-hydroxylation sites is 1. The summed E-state index contributed by atoms with van der Waals surface area (Å²) >= 11 is 0. The zero-order chi connectivity index (χ0) is 45.4. The number of hydrogen-bond donors (Lipinski definition) is 7. The largest absolute Gasteiger partial charge is 0.493 e. The number of likely N-dealkylation sites (N-methyl/N-ethyl adjacent to an activating group) is 1. The van der Waals surface area contributed by atoms with E-state index in [0.717, 1.165) is 17.7 Å². The number of amides is 4. The zero-order valence-corrected chi connectivity index (χ0v) is 36.7. The van der Waals surface area contributed by atoms with Crippen LogP contribution in [0.15, 0.2) is 78.9 Å². The molecule has 2 heterocycles. The van der Waals surface area contributed by atoms with Gasteiger partial charge in [0.15, 0.2) is 23.0 Å². The maximum atomic E-state index is 14.0. The van der Waals surface area contributed by atoms with Crippen LogP contribution in [0.4, 0.5) is 22.7 Å². The molecule has 0 fully saturated rings. The Labute approximate surface area is 367 Å². The summed E-state index contributed by atoms with van der Waals surface area (Å²) in [5.74, 6) is -0.397. The van der Waals surface area contributed by atoms with Crippen LogP contribution in [-0.2, 0) is 29.2 Å². The average Bonchev–Trinajstić information content (AvgIpc) is 3.58. The molecule has 63 heavy (non-hydrogen) atoms. The Morgan fingerprint density at radius 2 is 1.59 bits per heavy atom. The molecule has 16 nitrogen and oxygen atoms in total. The number of allylic oxidation sites excluding steroid dienone is 1. The van der Waals surface area contributed by atoms with E-state index in [1.54, 1.807) is 50.4 Å². The molecule has 6 rings (SSSR count). The number of anilines is 4. The Kier molecular flexibility index (Phi) is 14.8. The number of aliphatic hydroxyl groups is 1. The van der Waals surface area contributed by atoms with E-state index >= 15 is 0 Å². The summed E-state index contributed by atoms with van der Waals surface area (Å²) in [5.41, 5.74) is 10.8. The minimum Gasteiger partial charge on any atom is -0.493 e. The third-order valence-corrected chi connectivity index (χ3v) is 11.0. The number of fused-ring (bicyclic) bond motifs is 4. The Bertz CT molecular complexity index is 2370. The van der Waals surface area contributed by atoms with Crippen molar-refractivity contribution in [3.8, 4) is 23.0 Å². The lowest BCUT2D eigenvalue weighted by atomic mass is 10.0. The van der Waals surface area contributed by atoms with Crippen LogP contribution in [0.3, 0.4) is 0 Å². The van der Waals surface area contributed by atoms with E-state index < -0.39 is 30.1 Å². The van der Waals surface area contributed by atoms with Crippen LogP contribution in [0.25, 0.3) is 0 Å². The van der Waals surface area contributed by atoms with Crippen molar-refractivity contribution in [3.63, 3.8) is 0 Å². The Hall–Kier alpha value is -6.78. The minimum atomic E-state index is -1.02. The second-order valence-corrected chi connectivity index (χ2v) is 15.8. The molecule has 4 aromatic rings. The number of benzene rings is 4. The lowest BCUT2D eigenvalue weighted by Gasteiger charge is -2.23. The third kappa shape index (κ3) is 10.6. The molecule has 16 heteroatoms. The molecule has 0 aliphatic carbocycles. The number of nitrogens with two attached hydrogens (primary N) is 1. The van der Waals surface area contributed by atoms with Crippen LogP contribution >= 0.6 is 0 Å². The molecule has 0 bridgehead atoms. The molecule has 0 aromatic heterocycles. The fraction of sp³-hybridized carbons (Fsp3) is 0.362. The molecule has 8 N–H and O–H groups in total. The van der Waals surface area contributed by atoms with Crippen LogP contribution in [0, 0.1) is 5.92 Å². The topological polar surface area (TPSA) is 215 Å². The first kappa shape index (κ1) is 45.7. The van der Waals surface area contributed by atoms with Crippen molar-refractivity contribution in [1.82, 2.24) is 10.6 Å². The maximum absolute atomic E-state index is 14.0. The molecule has 0 spiro atoms. The number of hydrogen-bond acceptors (Lipinski definition) is 12. The number of rotatable bonds is 19. The first-order chi connectivity index (χ1) is 30.2. The lowest BCUT2D eigenvalue weighted by Crippen LogP contribution is -2.51. The van der Waals surface area contributed by atoms with E-state index in [0.29, 0.717) is 46.1 Å². The van der Waals surface area contributed by atoms with E-state index in [1.807, 2.05) is 56.0 Å². The van der Waals surface area contributed by atoms with Crippen LogP contribution in [0.1, 0.15) is 71.5 Å². The van der Waals surface area contributed by atoms with Gasteiger partial charge in [-0.2, -0.15) is 0 Å². The number of carbonyl (C=O) groups is 4. The standard InChI is InChI=1S/C47H57N7O9/c1-8-9-14-42(55)53-36-22-41(38(60-6)19-33(36)44(48)56)63-25-29-15-28(16-31(17-29)52-45(57)27(4)51-46(58)43(49-5)26(2)3)24-62-40-21-35-34(20-39(40)61-7)47(59)54-32(23-50-35)18-30-12-10-11-13-37(30)54/h8-13,15-17,19-22,26-27,32,42-43,49-50,53,55H,14,18,23-25H2,1-7H3,(H2,48,56)(H,51,58)(H,52,57)/b9-8-/t27-,32-,42?,43-/m0/s1. The Morgan fingerprint density at radius 3 is 2.22 bits per heavy atom. The number of methoxy groups -OCH3 is 2. The summed E-state index contributed by atoms with van der Waals surface area (Å²) in [6.45, 7) is 7.78. The van der Waals surface area contributed by atoms with Gasteiger partial charge in [-0.3, -0.25) is 19.2 Å². The molecule has 2 aliphatic rings. The smallest absolute Gasteiger partial charge is 0.260 e. The highest BCUT2D eigenvalue weighted by molar-refractivity contribution is 6.12. The van der Waals surface area contributed by atoms with Gasteiger partial charge >= 0.3 is 0 Å². The molecule has 0 saturated heterocycles. The number of carbonyl (C=O) groups excluding carboxylic acids is 4. The number of nitrogens with zero attached hydrogens (tertiary/aromatic N) is 1. The number of aliphatic hydroxyl groups excluding tert-OH is 1. The van der Waals surface area contributed by atoms with Crippen LogP contribution in [0.5, 0.6) is 23.0 Å². The van der Waals surface area contributed by atoms with Gasteiger partial charge in [0.2, 0.25) is 11.8 Å². The highest BCUT2D eigenvalue weighted by Gasteiger charge is 2.38. The fourth-order valence-electron chi connectivity index (χ4n) is 7.78. The summed E-state index contributed by atoms with van der Waals surface area (Å²) < 4.78 is 24.0. The summed E-state index contributed by atoms with van der Waals surface area (Å²) in [7, 11) is 4.63. The number of ether oxygens (including phenoxy) is 4. The van der Waals surface area contributed by atoms with Crippen molar-refractivity contribution in [2.45, 2.75) is 78.1 Å². The summed E-state index contributed by atoms with van der Waals surface area (Å²) in [4.78, 5) is 54.8. The van der Waals surface area contributed by atoms with Gasteiger partial charge in [0.25, 0.3) is 11.8 Å². The van der Waals surface area contributed by atoms with E-state index in [-0.39, 0.29) is 66.2 Å². The molecule has 4 atom stereocenters. The molecule has 0 saturated carbocycles. The summed E-state index contributed by atoms with van der Waals surface area (Å²) in [6, 6.07) is 18.2. The molecule has 0 radical (unpaired) electrons. The highest BCUT2D eigenvalue weighted by Crippen LogP contribution is 2.41. The third-order valence-electron chi connectivity index (χ3n) is 11.0. The zero-order valence-electron chi connectivity index (χ0n) is 36.7. The molecular weight excluding hydrogens is 807 g/mol. The summed E-state index contributed by atoms with van der Waals surface area (Å²) in [6.07, 6.45) is 3.57. The molecule has 334 valence electrons. The highest BCUT2D eigenvalue weighted by atomic mass is 16.5. The number of primary amides is 1. The van der Waals surface area contributed by atoms with Gasteiger partial charge in [-0.25, -0.2) is 0 Å². The van der Waals surface area contributed by atoms with E-state index in [2.05, 4.69) is 26.6 Å². The van der Waals surface area contributed by atoms with Gasteiger partial charge in [-0.15, -0.1) is 0 Å². The van der Waals surface area contributed by atoms with E-state index in [4.69, 9.17) is 24.7 Å². The normalized spacial score (nSPS) is 15.5. The van der Waals surface area contributed by atoms with Crippen molar-refractivity contribution in [2.24, 2.45) is 11.7 Å². The van der Waals surface area contributed by atoms with Crippen molar-refractivity contribution < 1.29 is 43.2 Å².